The molecule has 0 aliphatic carbocycles. The van der Waals surface area contributed by atoms with Crippen molar-refractivity contribution in [1.29, 1.82) is 0 Å². The van der Waals surface area contributed by atoms with Crippen LogP contribution in [-0.4, -0.2) is 19.6 Å². The van der Waals surface area contributed by atoms with E-state index in [2.05, 4.69) is 11.4 Å². The molecule has 0 bridgehead atoms. The molecule has 0 saturated heterocycles. The molecule has 4 heteroatoms. The number of aryl methyl sites for hydroxylation is 2. The molecule has 0 unspecified atom stereocenters. The maximum absolute atomic E-state index is 11.8. The van der Waals surface area contributed by atoms with Gasteiger partial charge in [-0.1, -0.05) is 17.7 Å². The summed E-state index contributed by atoms with van der Waals surface area (Å²) in [6, 6.07) is 9.73. The van der Waals surface area contributed by atoms with Gasteiger partial charge >= 0.3 is 0 Å². The van der Waals surface area contributed by atoms with Gasteiger partial charge in [0.1, 0.15) is 17.3 Å². The van der Waals surface area contributed by atoms with Crippen molar-refractivity contribution in [2.24, 2.45) is 0 Å². The number of hydrogen-bond acceptors (Lipinski definition) is 3. The van der Waals surface area contributed by atoms with E-state index in [4.69, 9.17) is 9.15 Å². The van der Waals surface area contributed by atoms with E-state index in [-0.39, 0.29) is 5.91 Å². The Morgan fingerprint density at radius 2 is 2.09 bits per heavy atom. The number of carbonyl (C=O) groups excluding carboxylic acids is 1. The monoisotopic (exact) mass is 299 g/mol. The first-order chi connectivity index (χ1) is 10.6. The van der Waals surface area contributed by atoms with Crippen molar-refractivity contribution < 1.29 is 13.9 Å². The first-order valence-electron chi connectivity index (χ1n) is 7.24. The molecular weight excluding hydrogens is 278 g/mol. The highest BCUT2D eigenvalue weighted by Crippen LogP contribution is 2.19. The Morgan fingerprint density at radius 3 is 2.77 bits per heavy atom. The van der Waals surface area contributed by atoms with Crippen LogP contribution in [0.15, 0.2) is 40.8 Å². The molecule has 1 heterocycles. The van der Waals surface area contributed by atoms with E-state index in [9.17, 15) is 4.79 Å². The van der Waals surface area contributed by atoms with Crippen LogP contribution in [0.3, 0.4) is 0 Å². The molecule has 4 nitrogen and oxygen atoms in total. The molecule has 0 spiro atoms. The van der Waals surface area contributed by atoms with Crippen LogP contribution in [0.2, 0.25) is 0 Å². The van der Waals surface area contributed by atoms with Crippen molar-refractivity contribution in [3.63, 3.8) is 0 Å². The summed E-state index contributed by atoms with van der Waals surface area (Å²) in [6.07, 6.45) is 3.87. The number of ether oxygens (including phenoxy) is 1. The van der Waals surface area contributed by atoms with Crippen LogP contribution in [0, 0.1) is 13.8 Å². The zero-order valence-corrected chi connectivity index (χ0v) is 13.2. The first kappa shape index (κ1) is 15.9. The molecule has 1 aromatic heterocycles. The number of nitrogens with one attached hydrogen (secondary N) is 1. The summed E-state index contributed by atoms with van der Waals surface area (Å²) >= 11 is 0. The quantitative estimate of drug-likeness (QED) is 0.833. The van der Waals surface area contributed by atoms with Crippen molar-refractivity contribution in [2.75, 3.05) is 13.7 Å². The van der Waals surface area contributed by atoms with Crippen molar-refractivity contribution in [1.82, 2.24) is 5.32 Å². The van der Waals surface area contributed by atoms with Gasteiger partial charge in [0.15, 0.2) is 0 Å². The van der Waals surface area contributed by atoms with E-state index in [0.29, 0.717) is 12.3 Å². The molecule has 0 aliphatic rings. The summed E-state index contributed by atoms with van der Waals surface area (Å²) in [5.74, 6) is 2.21. The van der Waals surface area contributed by atoms with Crippen LogP contribution >= 0.6 is 0 Å². The van der Waals surface area contributed by atoms with Gasteiger partial charge in [-0.25, -0.2) is 0 Å². The van der Waals surface area contributed by atoms with Crippen LogP contribution in [0.5, 0.6) is 5.75 Å². The Morgan fingerprint density at radius 1 is 1.27 bits per heavy atom. The predicted molar refractivity (Wildman–Crippen MR) is 86.9 cm³/mol. The third-order valence-electron chi connectivity index (χ3n) is 3.29. The molecule has 0 radical (unpaired) electrons. The van der Waals surface area contributed by atoms with E-state index in [1.165, 1.54) is 11.6 Å². The van der Waals surface area contributed by atoms with Gasteiger partial charge < -0.3 is 14.5 Å². The van der Waals surface area contributed by atoms with Gasteiger partial charge in [-0.05, 0) is 50.1 Å². The lowest BCUT2D eigenvalue weighted by atomic mass is 10.1. The van der Waals surface area contributed by atoms with Gasteiger partial charge in [-0.3, -0.25) is 4.79 Å². The first-order valence-corrected chi connectivity index (χ1v) is 7.24. The second kappa shape index (κ2) is 7.50. The third-order valence-corrected chi connectivity index (χ3v) is 3.29. The van der Waals surface area contributed by atoms with Gasteiger partial charge in [0.2, 0.25) is 5.91 Å². The number of hydrogen-bond donors (Lipinski definition) is 1. The SMILES string of the molecule is COc1ccc(C)cc1CCNC(=O)C=Cc1ccc(C)o1. The van der Waals surface area contributed by atoms with Crippen LogP contribution in [-0.2, 0) is 11.2 Å². The normalized spacial score (nSPS) is 10.9. The van der Waals surface area contributed by atoms with Gasteiger partial charge in [0.05, 0.1) is 7.11 Å². The standard InChI is InChI=1S/C18H21NO3/c1-13-4-8-17(21-3)15(12-13)10-11-19-18(20)9-7-16-6-5-14(2)22-16/h4-9,12H,10-11H2,1-3H3,(H,19,20). The molecule has 0 aliphatic heterocycles. The Bertz CT molecular complexity index is 671. The molecular formula is C18H21NO3. The Kier molecular flexibility index (Phi) is 5.42. The summed E-state index contributed by atoms with van der Waals surface area (Å²) in [5.41, 5.74) is 2.27. The number of furan rings is 1. The van der Waals surface area contributed by atoms with Crippen LogP contribution < -0.4 is 10.1 Å². The predicted octanol–water partition coefficient (Wildman–Crippen LogP) is 3.28. The fourth-order valence-corrected chi connectivity index (χ4v) is 2.18. The number of amides is 1. The summed E-state index contributed by atoms with van der Waals surface area (Å²) in [6.45, 7) is 4.46. The molecule has 0 saturated carbocycles. The van der Waals surface area contributed by atoms with Crippen molar-refractivity contribution in [2.45, 2.75) is 20.3 Å². The Balaban J connectivity index is 1.84. The van der Waals surface area contributed by atoms with E-state index in [1.807, 2.05) is 38.1 Å². The fraction of sp³-hybridized carbons (Fsp3) is 0.278. The van der Waals surface area contributed by atoms with E-state index in [0.717, 1.165) is 23.5 Å². The highest BCUT2D eigenvalue weighted by atomic mass is 16.5. The average molecular weight is 299 g/mol. The Hall–Kier alpha value is -2.49. The minimum absolute atomic E-state index is 0.138. The summed E-state index contributed by atoms with van der Waals surface area (Å²) in [7, 11) is 1.65. The highest BCUT2D eigenvalue weighted by molar-refractivity contribution is 5.91. The van der Waals surface area contributed by atoms with E-state index < -0.39 is 0 Å². The number of rotatable bonds is 6. The van der Waals surface area contributed by atoms with Crippen LogP contribution in [0.4, 0.5) is 0 Å². The molecule has 22 heavy (non-hydrogen) atoms. The minimum atomic E-state index is -0.138. The van der Waals surface area contributed by atoms with Crippen LogP contribution in [0.1, 0.15) is 22.6 Å². The average Bonchev–Trinajstić information content (AvgIpc) is 2.91. The zero-order valence-electron chi connectivity index (χ0n) is 13.2. The van der Waals surface area contributed by atoms with E-state index in [1.54, 1.807) is 13.2 Å². The van der Waals surface area contributed by atoms with Gasteiger partial charge in [0, 0.05) is 12.6 Å². The third kappa shape index (κ3) is 4.52. The van der Waals surface area contributed by atoms with Gasteiger partial charge in [-0.15, -0.1) is 0 Å². The summed E-state index contributed by atoms with van der Waals surface area (Å²) < 4.78 is 10.7. The maximum atomic E-state index is 11.8. The maximum Gasteiger partial charge on any atom is 0.244 e. The lowest BCUT2D eigenvalue weighted by molar-refractivity contribution is -0.116. The van der Waals surface area contributed by atoms with E-state index >= 15 is 0 Å². The lowest BCUT2D eigenvalue weighted by Gasteiger charge is -2.09. The largest absolute Gasteiger partial charge is 0.496 e. The van der Waals surface area contributed by atoms with Crippen LogP contribution in [0.25, 0.3) is 6.08 Å². The molecule has 1 aromatic carbocycles. The van der Waals surface area contributed by atoms with Gasteiger partial charge in [0.25, 0.3) is 0 Å². The molecule has 0 fully saturated rings. The van der Waals surface area contributed by atoms with Crippen molar-refractivity contribution >= 4 is 12.0 Å². The minimum Gasteiger partial charge on any atom is -0.496 e. The molecule has 0 atom stereocenters. The van der Waals surface area contributed by atoms with Crippen molar-refractivity contribution in [3.8, 4) is 5.75 Å². The lowest BCUT2D eigenvalue weighted by Crippen LogP contribution is -2.23. The number of benzene rings is 1. The topological polar surface area (TPSA) is 51.5 Å². The fourth-order valence-electron chi connectivity index (χ4n) is 2.18. The summed E-state index contributed by atoms with van der Waals surface area (Å²) in [5, 5.41) is 2.86. The second-order valence-electron chi connectivity index (χ2n) is 5.14. The Labute approximate surface area is 130 Å². The number of carbonyl (C=O) groups is 1. The molecule has 1 N–H and O–H groups in total. The van der Waals surface area contributed by atoms with Crippen molar-refractivity contribution in [3.05, 3.63) is 59.1 Å². The second-order valence-corrected chi connectivity index (χ2v) is 5.14. The molecule has 1 amide bonds. The van der Waals surface area contributed by atoms with Gasteiger partial charge in [-0.2, -0.15) is 0 Å². The smallest absolute Gasteiger partial charge is 0.244 e. The summed E-state index contributed by atoms with van der Waals surface area (Å²) in [4.78, 5) is 11.8. The zero-order chi connectivity index (χ0) is 15.9. The molecule has 116 valence electrons. The number of methoxy groups -OCH3 is 1. The highest BCUT2D eigenvalue weighted by Gasteiger charge is 2.04. The molecule has 2 aromatic rings. The molecule has 2 rings (SSSR count).